The van der Waals surface area contributed by atoms with Gasteiger partial charge in [-0.2, -0.15) is 0 Å². The van der Waals surface area contributed by atoms with Crippen LogP contribution in [0.1, 0.15) is 28.7 Å². The number of methoxy groups -OCH3 is 1. The molecule has 1 aromatic heterocycles. The summed E-state index contributed by atoms with van der Waals surface area (Å²) in [5, 5.41) is 2.70. The molecule has 144 valence electrons. The minimum Gasteiger partial charge on any atom is -0.497 e. The molecule has 0 aliphatic rings. The molecule has 3 aromatic rings. The lowest BCUT2D eigenvalue weighted by Crippen LogP contribution is -2.30. The van der Waals surface area contributed by atoms with Gasteiger partial charge in [-0.15, -0.1) is 0 Å². The number of nitrogens with zero attached hydrogens (tertiary/aromatic N) is 2. The summed E-state index contributed by atoms with van der Waals surface area (Å²) in [5.74, 6) is -0.341. The van der Waals surface area contributed by atoms with E-state index in [4.69, 9.17) is 9.47 Å². The van der Waals surface area contributed by atoms with Gasteiger partial charge in [0.1, 0.15) is 5.75 Å². The quantitative estimate of drug-likeness (QED) is 0.683. The Labute approximate surface area is 162 Å². The highest BCUT2D eigenvalue weighted by Crippen LogP contribution is 2.17. The first kappa shape index (κ1) is 19.3. The number of fused-ring (bicyclic) bond motifs is 1. The zero-order valence-corrected chi connectivity index (χ0v) is 16.1. The predicted octanol–water partition coefficient (Wildman–Crippen LogP) is 3.44. The fourth-order valence-electron chi connectivity index (χ4n) is 2.56. The SMILES string of the molecule is COc1ccc(NC(=O)C(C)OC(=O)c2ccc3nc(C)c(C)nc3c2)cc1. The Hall–Kier alpha value is -3.48. The largest absolute Gasteiger partial charge is 0.497 e. The van der Waals surface area contributed by atoms with Crippen molar-refractivity contribution in [3.63, 3.8) is 0 Å². The van der Waals surface area contributed by atoms with Crippen LogP contribution in [0.25, 0.3) is 11.0 Å². The number of aryl methyl sites for hydroxylation is 2. The van der Waals surface area contributed by atoms with Crippen molar-refractivity contribution in [2.24, 2.45) is 0 Å². The van der Waals surface area contributed by atoms with E-state index >= 15 is 0 Å². The molecule has 1 atom stereocenters. The molecule has 1 unspecified atom stereocenters. The van der Waals surface area contributed by atoms with Crippen LogP contribution in [0.2, 0.25) is 0 Å². The minimum atomic E-state index is -0.962. The van der Waals surface area contributed by atoms with Gasteiger partial charge in [-0.3, -0.25) is 4.79 Å². The van der Waals surface area contributed by atoms with Crippen LogP contribution in [-0.2, 0) is 9.53 Å². The summed E-state index contributed by atoms with van der Waals surface area (Å²) in [6.45, 7) is 5.26. The van der Waals surface area contributed by atoms with Gasteiger partial charge in [0, 0.05) is 5.69 Å². The van der Waals surface area contributed by atoms with Gasteiger partial charge in [0.15, 0.2) is 6.10 Å². The molecule has 0 saturated heterocycles. The summed E-state index contributed by atoms with van der Waals surface area (Å²) < 4.78 is 10.4. The predicted molar refractivity (Wildman–Crippen MR) is 106 cm³/mol. The first-order valence-corrected chi connectivity index (χ1v) is 8.78. The highest BCUT2D eigenvalue weighted by Gasteiger charge is 2.19. The Bertz CT molecular complexity index is 1030. The van der Waals surface area contributed by atoms with Crippen LogP contribution >= 0.6 is 0 Å². The van der Waals surface area contributed by atoms with Crippen LogP contribution in [0.5, 0.6) is 5.75 Å². The molecule has 1 amide bonds. The molecule has 0 fully saturated rings. The first-order chi connectivity index (χ1) is 13.4. The maximum absolute atomic E-state index is 12.4. The average Bonchev–Trinajstić information content (AvgIpc) is 2.69. The first-order valence-electron chi connectivity index (χ1n) is 8.78. The standard InChI is InChI=1S/C21H21N3O4/c1-12-13(2)23-19-11-15(5-10-18(19)22-12)21(26)28-14(3)20(25)24-16-6-8-17(27-4)9-7-16/h5-11,14H,1-4H3,(H,24,25). The molecule has 7 nitrogen and oxygen atoms in total. The van der Waals surface area contributed by atoms with Crippen molar-refractivity contribution in [1.29, 1.82) is 0 Å². The average molecular weight is 379 g/mol. The van der Waals surface area contributed by atoms with Crippen molar-refractivity contribution < 1.29 is 19.1 Å². The van der Waals surface area contributed by atoms with Gasteiger partial charge in [0.2, 0.25) is 0 Å². The Morgan fingerprint density at radius 1 is 0.964 bits per heavy atom. The summed E-state index contributed by atoms with van der Waals surface area (Å²) in [6.07, 6.45) is -0.962. The number of amides is 1. The second kappa shape index (κ2) is 8.04. The monoisotopic (exact) mass is 379 g/mol. The van der Waals surface area contributed by atoms with Gasteiger partial charge in [-0.1, -0.05) is 0 Å². The second-order valence-electron chi connectivity index (χ2n) is 6.36. The number of nitrogens with one attached hydrogen (secondary N) is 1. The smallest absolute Gasteiger partial charge is 0.338 e. The van der Waals surface area contributed by atoms with E-state index in [-0.39, 0.29) is 0 Å². The summed E-state index contributed by atoms with van der Waals surface area (Å²) in [4.78, 5) is 33.6. The van der Waals surface area contributed by atoms with Crippen molar-refractivity contribution in [3.05, 3.63) is 59.4 Å². The van der Waals surface area contributed by atoms with Gasteiger partial charge in [0.25, 0.3) is 5.91 Å². The van der Waals surface area contributed by atoms with Crippen molar-refractivity contribution >= 4 is 28.6 Å². The lowest BCUT2D eigenvalue weighted by molar-refractivity contribution is -0.123. The molecule has 1 N–H and O–H groups in total. The summed E-state index contributed by atoms with van der Waals surface area (Å²) in [5.41, 5.74) is 3.84. The molecule has 0 radical (unpaired) electrons. The van der Waals surface area contributed by atoms with Crippen molar-refractivity contribution in [2.45, 2.75) is 26.9 Å². The van der Waals surface area contributed by atoms with Crippen LogP contribution in [0.15, 0.2) is 42.5 Å². The molecule has 28 heavy (non-hydrogen) atoms. The molecule has 0 saturated carbocycles. The van der Waals surface area contributed by atoms with E-state index in [1.165, 1.54) is 6.92 Å². The summed E-state index contributed by atoms with van der Waals surface area (Å²) >= 11 is 0. The molecular weight excluding hydrogens is 358 g/mol. The van der Waals surface area contributed by atoms with E-state index in [0.717, 1.165) is 11.4 Å². The number of ether oxygens (including phenoxy) is 2. The van der Waals surface area contributed by atoms with E-state index in [9.17, 15) is 9.59 Å². The maximum atomic E-state index is 12.4. The third kappa shape index (κ3) is 4.25. The number of hydrogen-bond donors (Lipinski definition) is 1. The molecule has 7 heteroatoms. The van der Waals surface area contributed by atoms with E-state index in [1.807, 2.05) is 13.8 Å². The number of rotatable bonds is 5. The molecular formula is C21H21N3O4. The zero-order valence-electron chi connectivity index (χ0n) is 16.1. The molecule has 0 aliphatic heterocycles. The number of carbonyl (C=O) groups excluding carboxylic acids is 2. The number of benzene rings is 2. The molecule has 0 bridgehead atoms. The lowest BCUT2D eigenvalue weighted by Gasteiger charge is -2.14. The Morgan fingerprint density at radius 2 is 1.61 bits per heavy atom. The van der Waals surface area contributed by atoms with Crippen molar-refractivity contribution in [1.82, 2.24) is 9.97 Å². The van der Waals surface area contributed by atoms with Crippen LogP contribution in [0.3, 0.4) is 0 Å². The van der Waals surface area contributed by atoms with E-state index in [1.54, 1.807) is 49.6 Å². The molecule has 0 aliphatic carbocycles. The van der Waals surface area contributed by atoms with Gasteiger partial charge in [0.05, 0.1) is 35.1 Å². The zero-order chi connectivity index (χ0) is 20.3. The number of hydrogen-bond acceptors (Lipinski definition) is 6. The Balaban J connectivity index is 1.68. The minimum absolute atomic E-state index is 0.314. The molecule has 3 rings (SSSR count). The van der Waals surface area contributed by atoms with Crippen LogP contribution < -0.4 is 10.1 Å². The maximum Gasteiger partial charge on any atom is 0.338 e. The van der Waals surface area contributed by atoms with Gasteiger partial charge in [-0.05, 0) is 63.2 Å². The normalized spacial score (nSPS) is 11.7. The molecule has 1 heterocycles. The van der Waals surface area contributed by atoms with Gasteiger partial charge < -0.3 is 14.8 Å². The highest BCUT2D eigenvalue weighted by molar-refractivity contribution is 5.98. The van der Waals surface area contributed by atoms with Crippen molar-refractivity contribution in [3.8, 4) is 5.75 Å². The fraction of sp³-hybridized carbons (Fsp3) is 0.238. The number of carbonyl (C=O) groups is 2. The molecule has 0 spiro atoms. The molecule has 2 aromatic carbocycles. The Kier molecular flexibility index (Phi) is 5.54. The number of anilines is 1. The highest BCUT2D eigenvalue weighted by atomic mass is 16.5. The third-order valence-corrected chi connectivity index (χ3v) is 4.32. The Morgan fingerprint density at radius 3 is 2.25 bits per heavy atom. The van der Waals surface area contributed by atoms with Gasteiger partial charge >= 0.3 is 5.97 Å². The number of aromatic nitrogens is 2. The van der Waals surface area contributed by atoms with Crippen LogP contribution in [0, 0.1) is 13.8 Å². The van der Waals surface area contributed by atoms with Crippen LogP contribution in [0.4, 0.5) is 5.69 Å². The second-order valence-corrected chi connectivity index (χ2v) is 6.36. The third-order valence-electron chi connectivity index (χ3n) is 4.32. The van der Waals surface area contributed by atoms with E-state index in [2.05, 4.69) is 15.3 Å². The van der Waals surface area contributed by atoms with Crippen molar-refractivity contribution in [2.75, 3.05) is 12.4 Å². The summed E-state index contributed by atoms with van der Waals surface area (Å²) in [6, 6.07) is 11.8. The fourth-order valence-corrected chi connectivity index (χ4v) is 2.56. The van der Waals surface area contributed by atoms with Crippen LogP contribution in [-0.4, -0.2) is 35.1 Å². The topological polar surface area (TPSA) is 90.4 Å². The van der Waals surface area contributed by atoms with E-state index in [0.29, 0.717) is 28.0 Å². The lowest BCUT2D eigenvalue weighted by atomic mass is 10.2. The number of esters is 1. The van der Waals surface area contributed by atoms with Gasteiger partial charge in [-0.25, -0.2) is 14.8 Å². The van der Waals surface area contributed by atoms with E-state index < -0.39 is 18.0 Å². The summed E-state index contributed by atoms with van der Waals surface area (Å²) in [7, 11) is 1.57.